The maximum absolute atomic E-state index is 13.0. The molecule has 1 aromatic heterocycles. The third-order valence-corrected chi connectivity index (χ3v) is 6.14. The van der Waals surface area contributed by atoms with E-state index in [2.05, 4.69) is 22.1 Å². The molecule has 0 radical (unpaired) electrons. The zero-order valence-electron chi connectivity index (χ0n) is 17.6. The van der Waals surface area contributed by atoms with Crippen molar-refractivity contribution >= 4 is 17.2 Å². The molecule has 2 aromatic rings. The van der Waals surface area contributed by atoms with Gasteiger partial charge >= 0.3 is 0 Å². The van der Waals surface area contributed by atoms with E-state index in [0.717, 1.165) is 12.8 Å². The van der Waals surface area contributed by atoms with Crippen molar-refractivity contribution < 1.29 is 19.0 Å². The van der Waals surface area contributed by atoms with Gasteiger partial charge in [0, 0.05) is 17.5 Å². The predicted molar refractivity (Wildman–Crippen MR) is 117 cm³/mol. The van der Waals surface area contributed by atoms with E-state index in [1.54, 1.807) is 23.5 Å². The summed E-state index contributed by atoms with van der Waals surface area (Å²) in [5.41, 5.74) is 1.92. The van der Waals surface area contributed by atoms with Gasteiger partial charge in [-0.25, -0.2) is 0 Å². The number of carbonyl (C=O) groups is 1. The van der Waals surface area contributed by atoms with Crippen LogP contribution in [0.15, 0.2) is 29.0 Å². The molecule has 1 N–H and O–H groups in total. The van der Waals surface area contributed by atoms with Gasteiger partial charge in [-0.2, -0.15) is 11.3 Å². The van der Waals surface area contributed by atoms with Crippen molar-refractivity contribution in [1.82, 2.24) is 5.32 Å². The Morgan fingerprint density at radius 1 is 1.03 bits per heavy atom. The monoisotopic (exact) mass is 417 g/mol. The van der Waals surface area contributed by atoms with Crippen LogP contribution in [-0.4, -0.2) is 32.3 Å². The largest absolute Gasteiger partial charge is 0.490 e. The maximum atomic E-state index is 13.0. The predicted octanol–water partition coefficient (Wildman–Crippen LogP) is 5.19. The molecule has 3 rings (SSSR count). The van der Waals surface area contributed by atoms with Gasteiger partial charge in [-0.1, -0.05) is 12.8 Å². The molecule has 0 unspecified atom stereocenters. The average Bonchev–Trinajstić information content (AvgIpc) is 3.41. The zero-order chi connectivity index (χ0) is 20.7. The van der Waals surface area contributed by atoms with Gasteiger partial charge in [-0.05, 0) is 68.1 Å². The highest BCUT2D eigenvalue weighted by atomic mass is 32.1. The first-order chi connectivity index (χ1) is 14.1. The van der Waals surface area contributed by atoms with Gasteiger partial charge < -0.3 is 19.5 Å². The fourth-order valence-corrected chi connectivity index (χ4v) is 4.84. The van der Waals surface area contributed by atoms with Crippen LogP contribution in [0.1, 0.15) is 62.4 Å². The summed E-state index contributed by atoms with van der Waals surface area (Å²) in [6.07, 6.45) is 4.64. The summed E-state index contributed by atoms with van der Waals surface area (Å²) < 4.78 is 17.2. The smallest absolute Gasteiger partial charge is 0.251 e. The van der Waals surface area contributed by atoms with E-state index in [9.17, 15) is 4.79 Å². The Balaban J connectivity index is 1.82. The molecule has 0 saturated heterocycles. The molecule has 0 spiro atoms. The van der Waals surface area contributed by atoms with Crippen LogP contribution in [0.5, 0.6) is 17.2 Å². The normalized spacial score (nSPS) is 15.1. The molecule has 1 fully saturated rings. The highest BCUT2D eigenvalue weighted by molar-refractivity contribution is 7.08. The van der Waals surface area contributed by atoms with Crippen LogP contribution in [-0.2, 0) is 5.41 Å². The number of rotatable bonds is 10. The third-order valence-electron chi connectivity index (χ3n) is 5.45. The third kappa shape index (κ3) is 4.86. The second kappa shape index (κ2) is 10.0. The van der Waals surface area contributed by atoms with Gasteiger partial charge in [0.1, 0.15) is 0 Å². The topological polar surface area (TPSA) is 56.8 Å². The highest BCUT2D eigenvalue weighted by Crippen LogP contribution is 2.42. The van der Waals surface area contributed by atoms with Crippen molar-refractivity contribution in [3.63, 3.8) is 0 Å². The van der Waals surface area contributed by atoms with Crippen molar-refractivity contribution in [2.45, 2.75) is 51.9 Å². The standard InChI is InChI=1S/C23H31NO4S/c1-4-26-19-13-17(14-20(27-5-2)21(19)28-6-3)22(25)24-16-23(10-7-8-11-23)18-9-12-29-15-18/h9,12-15H,4-8,10-11,16H2,1-3H3,(H,24,25). The number of hydrogen-bond acceptors (Lipinski definition) is 5. The molecular weight excluding hydrogens is 386 g/mol. The van der Waals surface area contributed by atoms with Crippen LogP contribution in [0.2, 0.25) is 0 Å². The number of amides is 1. The van der Waals surface area contributed by atoms with Crippen molar-refractivity contribution in [3.05, 3.63) is 40.1 Å². The zero-order valence-corrected chi connectivity index (χ0v) is 18.4. The van der Waals surface area contributed by atoms with Gasteiger partial charge in [0.05, 0.1) is 19.8 Å². The fourth-order valence-electron chi connectivity index (χ4n) is 4.06. The Kier molecular flexibility index (Phi) is 7.42. The van der Waals surface area contributed by atoms with Gasteiger partial charge in [0.25, 0.3) is 5.91 Å². The van der Waals surface area contributed by atoms with Crippen molar-refractivity contribution in [2.24, 2.45) is 0 Å². The maximum Gasteiger partial charge on any atom is 0.251 e. The number of hydrogen-bond donors (Lipinski definition) is 1. The number of benzene rings is 1. The van der Waals surface area contributed by atoms with Gasteiger partial charge in [0.2, 0.25) is 5.75 Å². The van der Waals surface area contributed by atoms with Crippen LogP contribution in [0.3, 0.4) is 0 Å². The number of carbonyl (C=O) groups excluding carboxylic acids is 1. The number of nitrogens with one attached hydrogen (secondary N) is 1. The first-order valence-electron chi connectivity index (χ1n) is 10.5. The molecule has 1 aliphatic carbocycles. The molecule has 1 amide bonds. The van der Waals surface area contributed by atoms with E-state index in [0.29, 0.717) is 49.2 Å². The first kappa shape index (κ1) is 21.5. The van der Waals surface area contributed by atoms with Crippen LogP contribution in [0.25, 0.3) is 0 Å². The molecule has 0 aliphatic heterocycles. The van der Waals surface area contributed by atoms with Gasteiger partial charge in [-0.3, -0.25) is 4.79 Å². The molecule has 158 valence electrons. The lowest BCUT2D eigenvalue weighted by atomic mass is 9.80. The Morgan fingerprint density at radius 3 is 2.17 bits per heavy atom. The molecule has 1 saturated carbocycles. The lowest BCUT2D eigenvalue weighted by Gasteiger charge is -2.29. The van der Waals surface area contributed by atoms with Crippen LogP contribution >= 0.6 is 11.3 Å². The number of thiophene rings is 1. The lowest BCUT2D eigenvalue weighted by molar-refractivity contribution is 0.0942. The Bertz CT molecular complexity index is 770. The fraction of sp³-hybridized carbons (Fsp3) is 0.522. The lowest BCUT2D eigenvalue weighted by Crippen LogP contribution is -2.38. The van der Waals surface area contributed by atoms with Crippen LogP contribution < -0.4 is 19.5 Å². The molecule has 0 atom stereocenters. The van der Waals surface area contributed by atoms with E-state index in [1.165, 1.54) is 18.4 Å². The SMILES string of the molecule is CCOc1cc(C(=O)NCC2(c3ccsc3)CCCC2)cc(OCC)c1OCC. The average molecular weight is 418 g/mol. The molecule has 1 heterocycles. The van der Waals surface area contributed by atoms with Crippen molar-refractivity contribution in [1.29, 1.82) is 0 Å². The molecule has 0 bridgehead atoms. The van der Waals surface area contributed by atoms with E-state index in [-0.39, 0.29) is 11.3 Å². The van der Waals surface area contributed by atoms with Gasteiger partial charge in [0.15, 0.2) is 11.5 Å². The minimum atomic E-state index is -0.114. The van der Waals surface area contributed by atoms with Crippen molar-refractivity contribution in [3.8, 4) is 17.2 Å². The van der Waals surface area contributed by atoms with E-state index >= 15 is 0 Å². The highest BCUT2D eigenvalue weighted by Gasteiger charge is 2.36. The van der Waals surface area contributed by atoms with Gasteiger partial charge in [-0.15, -0.1) is 0 Å². The summed E-state index contributed by atoms with van der Waals surface area (Å²) in [4.78, 5) is 13.0. The van der Waals surface area contributed by atoms with Crippen LogP contribution in [0.4, 0.5) is 0 Å². The summed E-state index contributed by atoms with van der Waals surface area (Å²) in [5, 5.41) is 7.51. The second-order valence-electron chi connectivity index (χ2n) is 7.28. The van der Waals surface area contributed by atoms with E-state index < -0.39 is 0 Å². The molecule has 5 nitrogen and oxygen atoms in total. The molecular formula is C23H31NO4S. The first-order valence-corrected chi connectivity index (χ1v) is 11.4. The molecule has 1 aromatic carbocycles. The summed E-state index contributed by atoms with van der Waals surface area (Å²) >= 11 is 1.72. The van der Waals surface area contributed by atoms with Crippen molar-refractivity contribution in [2.75, 3.05) is 26.4 Å². The molecule has 29 heavy (non-hydrogen) atoms. The Morgan fingerprint density at radius 2 is 1.66 bits per heavy atom. The second-order valence-corrected chi connectivity index (χ2v) is 8.06. The molecule has 6 heteroatoms. The summed E-state index contributed by atoms with van der Waals surface area (Å²) in [6, 6.07) is 5.69. The Labute approximate surface area is 177 Å². The van der Waals surface area contributed by atoms with Crippen LogP contribution in [0, 0.1) is 0 Å². The minimum absolute atomic E-state index is 0.0480. The molecule has 1 aliphatic rings. The summed E-state index contributed by atoms with van der Waals surface area (Å²) in [7, 11) is 0. The van der Waals surface area contributed by atoms with E-state index in [4.69, 9.17) is 14.2 Å². The summed E-state index contributed by atoms with van der Waals surface area (Å²) in [6.45, 7) is 7.84. The summed E-state index contributed by atoms with van der Waals surface area (Å²) in [5.74, 6) is 1.52. The Hall–Kier alpha value is -2.21. The van der Waals surface area contributed by atoms with E-state index in [1.807, 2.05) is 20.8 Å². The number of ether oxygens (including phenoxy) is 3. The quantitative estimate of drug-likeness (QED) is 0.578. The minimum Gasteiger partial charge on any atom is -0.490 e.